The summed E-state index contributed by atoms with van der Waals surface area (Å²) < 4.78 is 63.1. The molecule has 2 rings (SSSR count). The van der Waals surface area contributed by atoms with E-state index in [-0.39, 0.29) is 17.2 Å². The molecule has 0 amide bonds. The fraction of sp³-hybridized carbons (Fsp3) is 0.235. The van der Waals surface area contributed by atoms with Crippen LogP contribution >= 0.6 is 0 Å². The highest BCUT2D eigenvalue weighted by Gasteiger charge is 2.28. The molecule has 0 fully saturated rings. The van der Waals surface area contributed by atoms with Crippen LogP contribution in [-0.2, 0) is 19.6 Å². The van der Waals surface area contributed by atoms with Crippen LogP contribution in [0.4, 0.5) is 14.5 Å². The number of anilines is 1. The molecule has 0 radical (unpaired) electrons. The van der Waals surface area contributed by atoms with Gasteiger partial charge in [0, 0.05) is 6.07 Å². The van der Waals surface area contributed by atoms with E-state index in [0.29, 0.717) is 16.1 Å². The number of methoxy groups -OCH3 is 1. The molecule has 0 aliphatic rings. The maximum absolute atomic E-state index is 13.6. The van der Waals surface area contributed by atoms with E-state index in [9.17, 15) is 22.0 Å². The summed E-state index contributed by atoms with van der Waals surface area (Å²) in [5.41, 5.74) is -0.201. The summed E-state index contributed by atoms with van der Waals surface area (Å²) >= 11 is 0. The number of esters is 1. The number of halogens is 2. The normalized spacial score (nSPS) is 11.1. The highest BCUT2D eigenvalue weighted by Crippen LogP contribution is 2.26. The van der Waals surface area contributed by atoms with Gasteiger partial charge in [-0.25, -0.2) is 17.2 Å². The number of carbonyl (C=O) groups excluding carboxylic acids is 1. The van der Waals surface area contributed by atoms with E-state index in [1.807, 2.05) is 0 Å². The van der Waals surface area contributed by atoms with Crippen molar-refractivity contribution in [1.82, 2.24) is 0 Å². The molecule has 0 atom stereocenters. The Bertz CT molecular complexity index is 885. The van der Waals surface area contributed by atoms with Crippen molar-refractivity contribution in [3.63, 3.8) is 0 Å². The summed E-state index contributed by atoms with van der Waals surface area (Å²) in [5, 5.41) is 0. The third-order valence-corrected chi connectivity index (χ3v) is 5.20. The molecule has 2 aromatic carbocycles. The number of hydrogen-bond acceptors (Lipinski definition) is 5. The van der Waals surface area contributed by atoms with Gasteiger partial charge >= 0.3 is 5.97 Å². The zero-order valence-corrected chi connectivity index (χ0v) is 14.9. The molecule has 0 unspecified atom stereocenters. The number of benzene rings is 2. The van der Waals surface area contributed by atoms with Crippen molar-refractivity contribution in [2.75, 3.05) is 24.6 Å². The molecule has 0 aromatic heterocycles. The zero-order chi connectivity index (χ0) is 19.3. The first-order chi connectivity index (χ1) is 12.3. The van der Waals surface area contributed by atoms with Crippen LogP contribution in [0.1, 0.15) is 6.92 Å². The Hall–Kier alpha value is -2.68. The highest BCUT2D eigenvalue weighted by molar-refractivity contribution is 7.92. The Balaban J connectivity index is 2.49. The first-order valence-electron chi connectivity index (χ1n) is 7.57. The van der Waals surface area contributed by atoms with Crippen LogP contribution in [0.3, 0.4) is 0 Å². The third kappa shape index (κ3) is 4.29. The van der Waals surface area contributed by atoms with Crippen molar-refractivity contribution >= 4 is 21.7 Å². The lowest BCUT2D eigenvalue weighted by atomic mass is 10.3. The predicted octanol–water partition coefficient (Wildman–Crippen LogP) is 2.73. The fourth-order valence-electron chi connectivity index (χ4n) is 2.15. The second-order valence-electron chi connectivity index (χ2n) is 5.09. The minimum Gasteiger partial charge on any atom is -0.497 e. The summed E-state index contributed by atoms with van der Waals surface area (Å²) in [7, 11) is -2.81. The van der Waals surface area contributed by atoms with Gasteiger partial charge in [0.25, 0.3) is 10.0 Å². The maximum atomic E-state index is 13.6. The molecule has 0 saturated heterocycles. The van der Waals surface area contributed by atoms with Crippen molar-refractivity contribution in [2.45, 2.75) is 11.8 Å². The van der Waals surface area contributed by atoms with E-state index < -0.39 is 34.2 Å². The second-order valence-corrected chi connectivity index (χ2v) is 6.95. The van der Waals surface area contributed by atoms with Crippen LogP contribution in [0.5, 0.6) is 5.75 Å². The maximum Gasteiger partial charge on any atom is 0.326 e. The molecule has 9 heteroatoms. The molecule has 0 aliphatic heterocycles. The van der Waals surface area contributed by atoms with Gasteiger partial charge in [0.1, 0.15) is 12.3 Å². The lowest BCUT2D eigenvalue weighted by Crippen LogP contribution is -2.36. The van der Waals surface area contributed by atoms with E-state index in [4.69, 9.17) is 9.47 Å². The molecule has 0 bridgehead atoms. The number of hydrogen-bond donors (Lipinski definition) is 0. The van der Waals surface area contributed by atoms with Gasteiger partial charge in [0.05, 0.1) is 24.3 Å². The zero-order valence-electron chi connectivity index (χ0n) is 14.1. The Labute approximate surface area is 150 Å². The van der Waals surface area contributed by atoms with E-state index in [0.717, 1.165) is 12.1 Å². The van der Waals surface area contributed by atoms with Crippen molar-refractivity contribution in [1.29, 1.82) is 0 Å². The third-order valence-electron chi connectivity index (χ3n) is 3.42. The molecule has 0 aliphatic carbocycles. The standard InChI is InChI=1S/C17H17F2NO5S/c1-3-25-17(21)11-20(12-4-9-15(18)16(19)10-12)26(22,23)14-7-5-13(24-2)6-8-14/h4-10H,3,11H2,1-2H3. The molecular formula is C17H17F2NO5S. The largest absolute Gasteiger partial charge is 0.497 e. The van der Waals surface area contributed by atoms with Crippen molar-refractivity contribution in [3.8, 4) is 5.75 Å². The number of nitrogens with zero attached hydrogens (tertiary/aromatic N) is 1. The van der Waals surface area contributed by atoms with Gasteiger partial charge in [-0.15, -0.1) is 0 Å². The fourth-order valence-corrected chi connectivity index (χ4v) is 3.56. The van der Waals surface area contributed by atoms with Gasteiger partial charge in [-0.1, -0.05) is 0 Å². The topological polar surface area (TPSA) is 72.9 Å². The van der Waals surface area contributed by atoms with Crippen molar-refractivity contribution in [3.05, 3.63) is 54.1 Å². The van der Waals surface area contributed by atoms with Crippen LogP contribution in [-0.4, -0.2) is 34.6 Å². The van der Waals surface area contributed by atoms with Crippen LogP contribution in [0.2, 0.25) is 0 Å². The number of sulfonamides is 1. The SMILES string of the molecule is CCOC(=O)CN(c1ccc(F)c(F)c1)S(=O)(=O)c1ccc(OC)cc1. The van der Waals surface area contributed by atoms with Crippen LogP contribution in [0.15, 0.2) is 47.4 Å². The average molecular weight is 385 g/mol. The summed E-state index contributed by atoms with van der Waals surface area (Å²) in [6.45, 7) is 0.929. The van der Waals surface area contributed by atoms with Gasteiger partial charge in [0.2, 0.25) is 0 Å². The Morgan fingerprint density at radius 1 is 1.08 bits per heavy atom. The van der Waals surface area contributed by atoms with Gasteiger partial charge in [-0.2, -0.15) is 0 Å². The summed E-state index contributed by atoms with van der Waals surface area (Å²) in [5.74, 6) is -2.75. The van der Waals surface area contributed by atoms with E-state index in [1.165, 1.54) is 31.4 Å². The summed E-state index contributed by atoms with van der Waals surface area (Å²) in [6.07, 6.45) is 0. The van der Waals surface area contributed by atoms with Gasteiger partial charge < -0.3 is 9.47 Å². The lowest BCUT2D eigenvalue weighted by molar-refractivity contribution is -0.141. The van der Waals surface area contributed by atoms with E-state index in [2.05, 4.69) is 0 Å². The Morgan fingerprint density at radius 3 is 2.27 bits per heavy atom. The van der Waals surface area contributed by atoms with Crippen LogP contribution in [0, 0.1) is 11.6 Å². The molecule has 0 saturated carbocycles. The predicted molar refractivity (Wildman–Crippen MR) is 90.5 cm³/mol. The lowest BCUT2D eigenvalue weighted by Gasteiger charge is -2.23. The minimum atomic E-state index is -4.23. The summed E-state index contributed by atoms with van der Waals surface area (Å²) in [6, 6.07) is 7.99. The molecule has 0 N–H and O–H groups in total. The quantitative estimate of drug-likeness (QED) is 0.686. The molecule has 0 spiro atoms. The van der Waals surface area contributed by atoms with E-state index in [1.54, 1.807) is 6.92 Å². The molecule has 26 heavy (non-hydrogen) atoms. The van der Waals surface area contributed by atoms with Crippen LogP contribution in [0.25, 0.3) is 0 Å². The molecule has 2 aromatic rings. The van der Waals surface area contributed by atoms with Gasteiger partial charge in [-0.05, 0) is 43.3 Å². The monoisotopic (exact) mass is 385 g/mol. The average Bonchev–Trinajstić information content (AvgIpc) is 2.62. The number of carbonyl (C=O) groups is 1. The number of ether oxygens (including phenoxy) is 2. The number of rotatable bonds is 7. The highest BCUT2D eigenvalue weighted by atomic mass is 32.2. The smallest absolute Gasteiger partial charge is 0.326 e. The second kappa shape index (κ2) is 8.13. The molecule has 6 nitrogen and oxygen atoms in total. The van der Waals surface area contributed by atoms with Crippen molar-refractivity contribution in [2.24, 2.45) is 0 Å². The first kappa shape index (κ1) is 19.6. The van der Waals surface area contributed by atoms with Crippen LogP contribution < -0.4 is 9.04 Å². The van der Waals surface area contributed by atoms with Gasteiger partial charge in [0.15, 0.2) is 11.6 Å². The summed E-state index contributed by atoms with van der Waals surface area (Å²) in [4.78, 5) is 11.7. The molecule has 0 heterocycles. The minimum absolute atomic E-state index is 0.0486. The molecule has 140 valence electrons. The first-order valence-corrected chi connectivity index (χ1v) is 9.01. The Morgan fingerprint density at radius 2 is 1.73 bits per heavy atom. The molecular weight excluding hydrogens is 368 g/mol. The van der Waals surface area contributed by atoms with E-state index >= 15 is 0 Å². The van der Waals surface area contributed by atoms with Crippen molar-refractivity contribution < 1.29 is 31.5 Å². The Kier molecular flexibility index (Phi) is 6.14. The van der Waals surface area contributed by atoms with Gasteiger partial charge in [-0.3, -0.25) is 9.10 Å².